The second kappa shape index (κ2) is 6.33. The summed E-state index contributed by atoms with van der Waals surface area (Å²) >= 11 is 0. The van der Waals surface area contributed by atoms with Crippen LogP contribution in [0.5, 0.6) is 0 Å². The molecule has 0 saturated heterocycles. The van der Waals surface area contributed by atoms with Gasteiger partial charge in [-0.05, 0) is 24.5 Å². The molecular formula is C18H22N4O3. The maximum Gasteiger partial charge on any atom is 0.332 e. The number of nitrogens with two attached hydrogens (primary N) is 1. The van der Waals surface area contributed by atoms with Crippen LogP contribution in [0.15, 0.2) is 33.9 Å². The Kier molecular flexibility index (Phi) is 4.34. The molecule has 0 saturated carbocycles. The van der Waals surface area contributed by atoms with Crippen molar-refractivity contribution in [3.05, 3.63) is 61.8 Å². The molecule has 25 heavy (non-hydrogen) atoms. The van der Waals surface area contributed by atoms with Crippen molar-refractivity contribution in [1.29, 1.82) is 0 Å². The van der Waals surface area contributed by atoms with E-state index < -0.39 is 17.3 Å². The Hall–Kier alpha value is -2.67. The van der Waals surface area contributed by atoms with Gasteiger partial charge in [-0.2, -0.15) is 0 Å². The summed E-state index contributed by atoms with van der Waals surface area (Å²) in [6, 6.07) is 7.65. The standard InChI is InChI=1S/C18H22N4O3/c1-11(22-9-8-12-6-4-5-7-13(12)10-22)15(23)14-16(19)20(2)18(25)21(3)17(14)24/h4-7,11H,8-10,19H2,1-3H3/t11-/m1/s1. The molecule has 2 aromatic rings. The average Bonchev–Trinajstić information content (AvgIpc) is 2.63. The normalized spacial score (nSPS) is 15.6. The first kappa shape index (κ1) is 17.2. The number of fused-ring (bicyclic) bond motifs is 1. The van der Waals surface area contributed by atoms with Crippen molar-refractivity contribution < 1.29 is 4.79 Å². The van der Waals surface area contributed by atoms with E-state index in [0.717, 1.165) is 22.1 Å². The first-order chi connectivity index (χ1) is 11.8. The molecule has 7 heteroatoms. The largest absolute Gasteiger partial charge is 0.384 e. The molecule has 7 nitrogen and oxygen atoms in total. The van der Waals surface area contributed by atoms with Gasteiger partial charge in [-0.25, -0.2) is 4.79 Å². The first-order valence-corrected chi connectivity index (χ1v) is 8.23. The highest BCUT2D eigenvalue weighted by molar-refractivity contribution is 6.03. The summed E-state index contributed by atoms with van der Waals surface area (Å²) in [5.74, 6) is -0.435. The van der Waals surface area contributed by atoms with Crippen LogP contribution < -0.4 is 17.0 Å². The van der Waals surface area contributed by atoms with E-state index in [-0.39, 0.29) is 17.2 Å². The fourth-order valence-corrected chi connectivity index (χ4v) is 3.31. The molecule has 1 aromatic heterocycles. The molecular weight excluding hydrogens is 320 g/mol. The zero-order chi connectivity index (χ0) is 18.3. The molecule has 0 spiro atoms. The van der Waals surface area contributed by atoms with Crippen LogP contribution in [-0.2, 0) is 27.1 Å². The quantitative estimate of drug-likeness (QED) is 0.810. The SMILES string of the molecule is C[C@H](C(=O)c1c(N)n(C)c(=O)n(C)c1=O)N1CCc2ccccc2C1. The van der Waals surface area contributed by atoms with Crippen molar-refractivity contribution in [2.75, 3.05) is 12.3 Å². The number of nitrogens with zero attached hydrogens (tertiary/aromatic N) is 3. The van der Waals surface area contributed by atoms with Gasteiger partial charge in [0.1, 0.15) is 11.4 Å². The number of carbonyl (C=O) groups is 1. The fourth-order valence-electron chi connectivity index (χ4n) is 3.31. The van der Waals surface area contributed by atoms with Gasteiger partial charge in [0, 0.05) is 27.2 Å². The topological polar surface area (TPSA) is 90.3 Å². The smallest absolute Gasteiger partial charge is 0.332 e. The predicted molar refractivity (Wildman–Crippen MR) is 95.7 cm³/mol. The highest BCUT2D eigenvalue weighted by atomic mass is 16.2. The molecule has 0 fully saturated rings. The van der Waals surface area contributed by atoms with Gasteiger partial charge in [0.15, 0.2) is 5.78 Å². The van der Waals surface area contributed by atoms with E-state index in [9.17, 15) is 14.4 Å². The number of anilines is 1. The minimum Gasteiger partial charge on any atom is -0.384 e. The lowest BCUT2D eigenvalue weighted by Gasteiger charge is -2.33. The van der Waals surface area contributed by atoms with Crippen molar-refractivity contribution in [3.8, 4) is 0 Å². The van der Waals surface area contributed by atoms with Gasteiger partial charge in [0.05, 0.1) is 6.04 Å². The Bertz CT molecular complexity index is 958. The van der Waals surface area contributed by atoms with Crippen LogP contribution in [0.2, 0.25) is 0 Å². The van der Waals surface area contributed by atoms with Gasteiger partial charge in [-0.3, -0.25) is 23.6 Å². The van der Waals surface area contributed by atoms with E-state index in [2.05, 4.69) is 12.1 Å². The summed E-state index contributed by atoms with van der Waals surface area (Å²) in [4.78, 5) is 39.3. The molecule has 2 N–H and O–H groups in total. The third-order valence-electron chi connectivity index (χ3n) is 5.04. The number of benzene rings is 1. The lowest BCUT2D eigenvalue weighted by atomic mass is 9.97. The Labute approximate surface area is 145 Å². The molecule has 0 unspecified atom stereocenters. The van der Waals surface area contributed by atoms with Gasteiger partial charge in [0.25, 0.3) is 5.56 Å². The first-order valence-electron chi connectivity index (χ1n) is 8.23. The molecule has 0 bridgehead atoms. The van der Waals surface area contributed by atoms with Crippen molar-refractivity contribution in [2.24, 2.45) is 14.1 Å². The van der Waals surface area contributed by atoms with Crippen LogP contribution in [0.3, 0.4) is 0 Å². The van der Waals surface area contributed by atoms with E-state index in [1.54, 1.807) is 6.92 Å². The number of rotatable bonds is 3. The zero-order valence-corrected chi connectivity index (χ0v) is 14.7. The van der Waals surface area contributed by atoms with E-state index >= 15 is 0 Å². The monoisotopic (exact) mass is 342 g/mol. The molecule has 1 aliphatic heterocycles. The Morgan fingerprint density at radius 2 is 1.76 bits per heavy atom. The zero-order valence-electron chi connectivity index (χ0n) is 14.7. The minimum absolute atomic E-state index is 0.0811. The summed E-state index contributed by atoms with van der Waals surface area (Å²) in [6.07, 6.45) is 0.856. The highest BCUT2D eigenvalue weighted by Gasteiger charge is 2.30. The van der Waals surface area contributed by atoms with E-state index in [4.69, 9.17) is 5.73 Å². The second-order valence-corrected chi connectivity index (χ2v) is 6.50. The molecule has 1 aromatic carbocycles. The highest BCUT2D eigenvalue weighted by Crippen LogP contribution is 2.21. The number of hydrogen-bond acceptors (Lipinski definition) is 5. The van der Waals surface area contributed by atoms with Gasteiger partial charge in [0.2, 0.25) is 0 Å². The van der Waals surface area contributed by atoms with Crippen LogP contribution in [0, 0.1) is 0 Å². The molecule has 0 amide bonds. The Balaban J connectivity index is 1.95. The van der Waals surface area contributed by atoms with E-state index in [0.29, 0.717) is 6.54 Å². The van der Waals surface area contributed by atoms with Crippen LogP contribution in [0.1, 0.15) is 28.4 Å². The molecule has 2 heterocycles. The van der Waals surface area contributed by atoms with Crippen molar-refractivity contribution in [2.45, 2.75) is 25.9 Å². The van der Waals surface area contributed by atoms with Crippen LogP contribution in [0.4, 0.5) is 5.82 Å². The van der Waals surface area contributed by atoms with Crippen LogP contribution in [-0.4, -0.2) is 32.4 Å². The lowest BCUT2D eigenvalue weighted by Crippen LogP contribution is -2.47. The lowest BCUT2D eigenvalue weighted by molar-refractivity contribution is 0.0817. The van der Waals surface area contributed by atoms with Crippen LogP contribution in [0.25, 0.3) is 0 Å². The third-order valence-corrected chi connectivity index (χ3v) is 5.04. The number of hydrogen-bond donors (Lipinski definition) is 1. The summed E-state index contributed by atoms with van der Waals surface area (Å²) in [7, 11) is 2.80. The summed E-state index contributed by atoms with van der Waals surface area (Å²) in [6.45, 7) is 3.16. The molecule has 132 valence electrons. The minimum atomic E-state index is -0.644. The third kappa shape index (κ3) is 2.80. The van der Waals surface area contributed by atoms with Gasteiger partial charge in [-0.1, -0.05) is 24.3 Å². The van der Waals surface area contributed by atoms with Crippen molar-refractivity contribution in [3.63, 3.8) is 0 Å². The predicted octanol–water partition coefficient (Wildman–Crippen LogP) is 0.296. The Morgan fingerprint density at radius 3 is 2.44 bits per heavy atom. The van der Waals surface area contributed by atoms with Crippen LogP contribution >= 0.6 is 0 Å². The number of nitrogen functional groups attached to an aromatic ring is 1. The van der Waals surface area contributed by atoms with Gasteiger partial charge >= 0.3 is 5.69 Å². The van der Waals surface area contributed by atoms with Gasteiger partial charge in [-0.15, -0.1) is 0 Å². The van der Waals surface area contributed by atoms with Crippen molar-refractivity contribution in [1.82, 2.24) is 14.0 Å². The molecule has 0 radical (unpaired) electrons. The molecule has 1 atom stereocenters. The average molecular weight is 342 g/mol. The van der Waals surface area contributed by atoms with Crippen molar-refractivity contribution >= 4 is 11.6 Å². The summed E-state index contributed by atoms with van der Waals surface area (Å²) < 4.78 is 2.05. The Morgan fingerprint density at radius 1 is 1.12 bits per heavy atom. The van der Waals surface area contributed by atoms with Gasteiger partial charge < -0.3 is 5.73 Å². The fraction of sp³-hybridized carbons (Fsp3) is 0.389. The summed E-state index contributed by atoms with van der Waals surface area (Å²) in [5.41, 5.74) is 7.08. The second-order valence-electron chi connectivity index (χ2n) is 6.50. The molecule has 3 rings (SSSR count). The number of aromatic nitrogens is 2. The summed E-state index contributed by atoms with van der Waals surface area (Å²) in [5, 5.41) is 0. The number of Topliss-reactive ketones (excluding diaryl/α,β-unsaturated/α-hetero) is 1. The molecule has 0 aliphatic carbocycles. The number of ketones is 1. The maximum absolute atomic E-state index is 13.0. The molecule has 1 aliphatic rings. The van der Waals surface area contributed by atoms with E-state index in [1.165, 1.54) is 25.2 Å². The van der Waals surface area contributed by atoms with E-state index in [1.807, 2.05) is 17.0 Å². The maximum atomic E-state index is 13.0. The number of carbonyl (C=O) groups excluding carboxylic acids is 1.